The minimum absolute atomic E-state index is 0.530. The molecule has 1 aliphatic heterocycles. The Morgan fingerprint density at radius 1 is 1.23 bits per heavy atom. The number of aryl methyl sites for hydroxylation is 1. The summed E-state index contributed by atoms with van der Waals surface area (Å²) in [5.41, 5.74) is 1.17. The van der Waals surface area contributed by atoms with Gasteiger partial charge in [-0.15, -0.1) is 0 Å². The zero-order valence-corrected chi connectivity index (χ0v) is 13.3. The molecule has 0 bridgehead atoms. The first kappa shape index (κ1) is 17.3. The fraction of sp³-hybridized carbons (Fsp3) is 0.647. The molecular formula is C17H25F3N2. The van der Waals surface area contributed by atoms with Gasteiger partial charge in [-0.25, -0.2) is 0 Å². The van der Waals surface area contributed by atoms with Crippen LogP contribution in [-0.2, 0) is 12.7 Å². The minimum atomic E-state index is -4.26. The van der Waals surface area contributed by atoms with Crippen molar-refractivity contribution in [2.75, 3.05) is 19.6 Å². The van der Waals surface area contributed by atoms with Crippen LogP contribution in [0.2, 0.25) is 0 Å². The lowest BCUT2D eigenvalue weighted by Crippen LogP contribution is -2.43. The van der Waals surface area contributed by atoms with Crippen LogP contribution in [0.1, 0.15) is 42.9 Å². The van der Waals surface area contributed by atoms with Crippen LogP contribution in [0.25, 0.3) is 0 Å². The Hall–Kier alpha value is -1.07. The summed E-state index contributed by atoms with van der Waals surface area (Å²) in [6.07, 6.45) is -0.982. The first-order valence-corrected chi connectivity index (χ1v) is 8.03. The van der Waals surface area contributed by atoms with E-state index in [1.807, 2.05) is 0 Å². The van der Waals surface area contributed by atoms with Crippen LogP contribution >= 0.6 is 0 Å². The molecule has 2 rings (SSSR count). The lowest BCUT2D eigenvalue weighted by Gasteiger charge is -2.35. The average Bonchev–Trinajstić information content (AvgIpc) is 2.48. The first-order valence-electron chi connectivity index (χ1n) is 8.03. The zero-order chi connectivity index (χ0) is 16.2. The summed E-state index contributed by atoms with van der Waals surface area (Å²) >= 11 is 0. The summed E-state index contributed by atoms with van der Waals surface area (Å²) in [5.74, 6) is 0. The SMILES string of the molecule is CCCN(Cc1ccc(C(F)(F)F)cc1C)C1CCNCC1. The fourth-order valence-corrected chi connectivity index (χ4v) is 3.12. The van der Waals surface area contributed by atoms with Crippen molar-refractivity contribution < 1.29 is 13.2 Å². The summed E-state index contributed by atoms with van der Waals surface area (Å²) in [7, 11) is 0. The minimum Gasteiger partial charge on any atom is -0.317 e. The lowest BCUT2D eigenvalue weighted by molar-refractivity contribution is -0.137. The third-order valence-electron chi connectivity index (χ3n) is 4.38. The van der Waals surface area contributed by atoms with Crippen molar-refractivity contribution in [1.82, 2.24) is 10.2 Å². The Balaban J connectivity index is 2.12. The molecule has 0 aromatic heterocycles. The number of halogens is 3. The number of benzene rings is 1. The van der Waals surface area contributed by atoms with Gasteiger partial charge in [-0.3, -0.25) is 4.90 Å². The smallest absolute Gasteiger partial charge is 0.317 e. The van der Waals surface area contributed by atoms with Crippen molar-refractivity contribution >= 4 is 0 Å². The summed E-state index contributed by atoms with van der Waals surface area (Å²) in [4.78, 5) is 2.43. The topological polar surface area (TPSA) is 15.3 Å². The normalized spacial score (nSPS) is 17.2. The van der Waals surface area contributed by atoms with Crippen molar-refractivity contribution in [2.45, 2.75) is 51.9 Å². The van der Waals surface area contributed by atoms with Crippen LogP contribution in [0.3, 0.4) is 0 Å². The van der Waals surface area contributed by atoms with Gasteiger partial charge in [0.25, 0.3) is 0 Å². The number of nitrogens with one attached hydrogen (secondary N) is 1. The van der Waals surface area contributed by atoms with E-state index in [9.17, 15) is 13.2 Å². The van der Waals surface area contributed by atoms with E-state index in [0.29, 0.717) is 6.04 Å². The highest BCUT2D eigenvalue weighted by atomic mass is 19.4. The quantitative estimate of drug-likeness (QED) is 0.884. The van der Waals surface area contributed by atoms with Gasteiger partial charge in [0, 0.05) is 12.6 Å². The maximum absolute atomic E-state index is 12.8. The molecule has 0 unspecified atom stereocenters. The molecule has 5 heteroatoms. The second-order valence-electron chi connectivity index (χ2n) is 6.09. The molecule has 1 saturated heterocycles. The number of nitrogens with zero attached hydrogens (tertiary/aromatic N) is 1. The molecule has 1 N–H and O–H groups in total. The van der Waals surface area contributed by atoms with Crippen LogP contribution in [-0.4, -0.2) is 30.6 Å². The van der Waals surface area contributed by atoms with E-state index in [2.05, 4.69) is 17.1 Å². The Kier molecular flexibility index (Phi) is 5.87. The molecule has 1 aromatic carbocycles. The van der Waals surface area contributed by atoms with Crippen molar-refractivity contribution in [2.24, 2.45) is 0 Å². The highest BCUT2D eigenvalue weighted by Gasteiger charge is 2.30. The lowest BCUT2D eigenvalue weighted by atomic mass is 10.0. The van der Waals surface area contributed by atoms with Crippen LogP contribution in [0.5, 0.6) is 0 Å². The van der Waals surface area contributed by atoms with E-state index < -0.39 is 11.7 Å². The van der Waals surface area contributed by atoms with Gasteiger partial charge in [0.2, 0.25) is 0 Å². The number of rotatable bonds is 5. The molecule has 1 fully saturated rings. The van der Waals surface area contributed by atoms with Crippen molar-refractivity contribution in [3.8, 4) is 0 Å². The van der Waals surface area contributed by atoms with Gasteiger partial charge in [-0.05, 0) is 69.1 Å². The molecule has 0 atom stereocenters. The van der Waals surface area contributed by atoms with Crippen LogP contribution < -0.4 is 5.32 Å². The van der Waals surface area contributed by atoms with E-state index >= 15 is 0 Å². The van der Waals surface area contributed by atoms with Crippen LogP contribution in [0, 0.1) is 6.92 Å². The Bertz CT molecular complexity index is 479. The zero-order valence-electron chi connectivity index (χ0n) is 13.3. The molecule has 22 heavy (non-hydrogen) atoms. The van der Waals surface area contributed by atoms with Gasteiger partial charge >= 0.3 is 6.18 Å². The van der Waals surface area contributed by atoms with Gasteiger partial charge in [0.15, 0.2) is 0 Å². The second kappa shape index (κ2) is 7.47. The molecule has 0 saturated carbocycles. The van der Waals surface area contributed by atoms with Crippen LogP contribution in [0.4, 0.5) is 13.2 Å². The molecule has 0 spiro atoms. The van der Waals surface area contributed by atoms with Crippen molar-refractivity contribution in [3.63, 3.8) is 0 Å². The van der Waals surface area contributed by atoms with E-state index in [0.717, 1.165) is 56.6 Å². The number of piperidine rings is 1. The summed E-state index contributed by atoms with van der Waals surface area (Å²) in [5, 5.41) is 3.36. The maximum atomic E-state index is 12.8. The summed E-state index contributed by atoms with van der Waals surface area (Å²) < 4.78 is 38.3. The Morgan fingerprint density at radius 2 is 1.91 bits per heavy atom. The van der Waals surface area contributed by atoms with Crippen molar-refractivity contribution in [3.05, 3.63) is 34.9 Å². The predicted molar refractivity (Wildman–Crippen MR) is 82.8 cm³/mol. The monoisotopic (exact) mass is 314 g/mol. The van der Waals surface area contributed by atoms with Crippen molar-refractivity contribution in [1.29, 1.82) is 0 Å². The average molecular weight is 314 g/mol. The van der Waals surface area contributed by atoms with E-state index in [1.165, 1.54) is 12.1 Å². The molecule has 1 aliphatic rings. The third kappa shape index (κ3) is 4.46. The molecule has 1 aromatic rings. The number of alkyl halides is 3. The summed E-state index contributed by atoms with van der Waals surface area (Å²) in [6, 6.07) is 4.64. The predicted octanol–water partition coefficient (Wildman–Crippen LogP) is 3.98. The van der Waals surface area contributed by atoms with Gasteiger partial charge in [-0.1, -0.05) is 13.0 Å². The molecule has 0 amide bonds. The summed E-state index contributed by atoms with van der Waals surface area (Å²) in [6.45, 7) is 7.70. The standard InChI is InChI=1S/C17H25F3N2/c1-3-10-22(16-6-8-21-9-7-16)12-14-4-5-15(11-13(14)2)17(18,19)20/h4-5,11,16,21H,3,6-10,12H2,1-2H3. The second-order valence-corrected chi connectivity index (χ2v) is 6.09. The Labute approximate surface area is 130 Å². The van der Waals surface area contributed by atoms with Crippen LogP contribution in [0.15, 0.2) is 18.2 Å². The molecule has 124 valence electrons. The highest BCUT2D eigenvalue weighted by Crippen LogP contribution is 2.31. The van der Waals surface area contributed by atoms with Gasteiger partial charge in [0.05, 0.1) is 5.56 Å². The van der Waals surface area contributed by atoms with Gasteiger partial charge in [0.1, 0.15) is 0 Å². The van der Waals surface area contributed by atoms with E-state index in [4.69, 9.17) is 0 Å². The van der Waals surface area contributed by atoms with E-state index in [1.54, 1.807) is 13.0 Å². The first-order chi connectivity index (χ1) is 10.4. The number of hydrogen-bond donors (Lipinski definition) is 1. The molecule has 0 aliphatic carbocycles. The highest BCUT2D eigenvalue weighted by molar-refractivity contribution is 5.32. The largest absolute Gasteiger partial charge is 0.416 e. The third-order valence-corrected chi connectivity index (χ3v) is 4.38. The Morgan fingerprint density at radius 3 is 2.45 bits per heavy atom. The van der Waals surface area contributed by atoms with Gasteiger partial charge < -0.3 is 5.32 Å². The molecule has 2 nitrogen and oxygen atoms in total. The molecular weight excluding hydrogens is 289 g/mol. The molecule has 0 radical (unpaired) electrons. The van der Waals surface area contributed by atoms with Gasteiger partial charge in [-0.2, -0.15) is 13.2 Å². The molecule has 1 heterocycles. The van der Waals surface area contributed by atoms with E-state index in [-0.39, 0.29) is 0 Å². The fourth-order valence-electron chi connectivity index (χ4n) is 3.12. The maximum Gasteiger partial charge on any atom is 0.416 e. The number of hydrogen-bond acceptors (Lipinski definition) is 2.